The van der Waals surface area contributed by atoms with Crippen molar-refractivity contribution in [3.05, 3.63) is 40.6 Å². The van der Waals surface area contributed by atoms with E-state index in [1.54, 1.807) is 7.05 Å². The number of guanidine groups is 1. The Kier molecular flexibility index (Phi) is 6.24. The summed E-state index contributed by atoms with van der Waals surface area (Å²) in [5, 5.41) is 8.62. The van der Waals surface area contributed by atoms with Gasteiger partial charge in [0.15, 0.2) is 5.96 Å². The molecule has 1 aliphatic carbocycles. The second-order valence-electron chi connectivity index (χ2n) is 6.63. The molecule has 0 saturated heterocycles. The maximum Gasteiger partial charge on any atom is 0.319 e. The van der Waals surface area contributed by atoms with Crippen LogP contribution in [0.25, 0.3) is 0 Å². The fourth-order valence-corrected chi connectivity index (χ4v) is 4.60. The number of halogens is 2. The fraction of sp³-hybridized carbons (Fsp3) is 0.556. The average molecular weight is 381 g/mol. The zero-order chi connectivity index (χ0) is 18.4. The van der Waals surface area contributed by atoms with Crippen LogP contribution in [0.2, 0.25) is 0 Å². The molecule has 0 radical (unpaired) electrons. The molecule has 5 nitrogen and oxygen atoms in total. The molecule has 2 heterocycles. The lowest BCUT2D eigenvalue weighted by Crippen LogP contribution is -2.46. The van der Waals surface area contributed by atoms with Crippen molar-refractivity contribution in [2.75, 3.05) is 13.6 Å². The van der Waals surface area contributed by atoms with E-state index < -0.39 is 6.55 Å². The number of alkyl halides is 2. The van der Waals surface area contributed by atoms with Gasteiger partial charge in [-0.05, 0) is 24.3 Å². The molecule has 0 bridgehead atoms. The van der Waals surface area contributed by atoms with E-state index in [-0.39, 0.29) is 17.8 Å². The van der Waals surface area contributed by atoms with E-state index >= 15 is 0 Å². The van der Waals surface area contributed by atoms with Crippen molar-refractivity contribution in [3.63, 3.8) is 0 Å². The summed E-state index contributed by atoms with van der Waals surface area (Å²) < 4.78 is 26.7. The Morgan fingerprint density at radius 2 is 2.15 bits per heavy atom. The number of rotatable bonds is 6. The van der Waals surface area contributed by atoms with E-state index in [2.05, 4.69) is 38.1 Å². The summed E-state index contributed by atoms with van der Waals surface area (Å²) in [7, 11) is 1.69. The van der Waals surface area contributed by atoms with Crippen LogP contribution in [0.1, 0.15) is 49.4 Å². The number of aliphatic imine (C=N–C) groups is 1. The van der Waals surface area contributed by atoms with Crippen LogP contribution in [-0.4, -0.2) is 29.1 Å². The quantitative estimate of drug-likeness (QED) is 0.589. The van der Waals surface area contributed by atoms with Gasteiger partial charge in [0.2, 0.25) is 0 Å². The number of nitrogens with one attached hydrogen (secondary N) is 2. The van der Waals surface area contributed by atoms with Gasteiger partial charge in [0.1, 0.15) is 5.82 Å². The Labute approximate surface area is 156 Å². The highest BCUT2D eigenvalue weighted by molar-refractivity contribution is 7.10. The van der Waals surface area contributed by atoms with E-state index in [1.165, 1.54) is 36.5 Å². The van der Waals surface area contributed by atoms with Gasteiger partial charge >= 0.3 is 6.55 Å². The number of hydrogen-bond donors (Lipinski definition) is 2. The second-order valence-corrected chi connectivity index (χ2v) is 7.57. The van der Waals surface area contributed by atoms with Gasteiger partial charge in [-0.25, -0.2) is 4.98 Å². The summed E-state index contributed by atoms with van der Waals surface area (Å²) in [6.07, 6.45) is 8.74. The van der Waals surface area contributed by atoms with Crippen molar-refractivity contribution in [1.82, 2.24) is 20.2 Å². The van der Waals surface area contributed by atoms with Crippen LogP contribution in [0.3, 0.4) is 0 Å². The maximum atomic E-state index is 12.9. The molecule has 26 heavy (non-hydrogen) atoms. The molecule has 2 aromatic heterocycles. The third-order valence-corrected chi connectivity index (χ3v) is 6.16. The van der Waals surface area contributed by atoms with Gasteiger partial charge in [0.25, 0.3) is 0 Å². The summed E-state index contributed by atoms with van der Waals surface area (Å²) in [5.41, 5.74) is 0.130. The molecule has 142 valence electrons. The standard InChI is InChI=1S/C18H25F2N5S/c1-21-17(23-12-15-22-9-10-25(15)16(19)20)24-13-18(7-3-2-4-8-18)14-6-5-11-26-14/h5-6,9-11,16H,2-4,7-8,12-13H2,1H3,(H2,21,23,24). The van der Waals surface area contributed by atoms with Crippen molar-refractivity contribution >= 4 is 17.3 Å². The summed E-state index contributed by atoms with van der Waals surface area (Å²) in [4.78, 5) is 9.63. The fourth-order valence-electron chi connectivity index (χ4n) is 3.61. The molecule has 0 aromatic carbocycles. The van der Waals surface area contributed by atoms with Crippen molar-refractivity contribution < 1.29 is 8.78 Å². The molecule has 3 rings (SSSR count). The van der Waals surface area contributed by atoms with Crippen LogP contribution in [0.5, 0.6) is 0 Å². The molecular formula is C18H25F2N5S. The largest absolute Gasteiger partial charge is 0.355 e. The van der Waals surface area contributed by atoms with Crippen molar-refractivity contribution in [2.45, 2.75) is 50.6 Å². The Balaban J connectivity index is 1.61. The smallest absolute Gasteiger partial charge is 0.319 e. The molecule has 2 aromatic rings. The molecule has 1 saturated carbocycles. The first-order chi connectivity index (χ1) is 12.6. The zero-order valence-electron chi connectivity index (χ0n) is 14.9. The lowest BCUT2D eigenvalue weighted by Gasteiger charge is -2.37. The maximum absolute atomic E-state index is 12.9. The van der Waals surface area contributed by atoms with Gasteiger partial charge in [0.05, 0.1) is 6.54 Å². The molecule has 0 atom stereocenters. The normalized spacial score (nSPS) is 17.5. The van der Waals surface area contributed by atoms with E-state index in [1.807, 2.05) is 11.3 Å². The van der Waals surface area contributed by atoms with Gasteiger partial charge in [0, 0.05) is 36.3 Å². The number of imidazole rings is 1. The first-order valence-electron chi connectivity index (χ1n) is 8.93. The molecule has 0 aliphatic heterocycles. The average Bonchev–Trinajstić information content (AvgIpc) is 3.35. The summed E-state index contributed by atoms with van der Waals surface area (Å²) in [6.45, 7) is -1.60. The lowest BCUT2D eigenvalue weighted by atomic mass is 9.73. The Hall–Kier alpha value is -1.96. The van der Waals surface area contributed by atoms with Gasteiger partial charge in [-0.15, -0.1) is 11.3 Å². The summed E-state index contributed by atoms with van der Waals surface area (Å²) in [6, 6.07) is 4.32. The van der Waals surface area contributed by atoms with E-state index in [0.29, 0.717) is 5.96 Å². The highest BCUT2D eigenvalue weighted by atomic mass is 32.1. The predicted octanol–water partition coefficient (Wildman–Crippen LogP) is 3.91. The van der Waals surface area contributed by atoms with Crippen molar-refractivity contribution in [2.24, 2.45) is 4.99 Å². The predicted molar refractivity (Wildman–Crippen MR) is 101 cm³/mol. The van der Waals surface area contributed by atoms with Gasteiger partial charge in [-0.2, -0.15) is 8.78 Å². The highest BCUT2D eigenvalue weighted by Gasteiger charge is 2.34. The highest BCUT2D eigenvalue weighted by Crippen LogP contribution is 2.41. The molecule has 0 amide bonds. The number of aromatic nitrogens is 2. The molecular weight excluding hydrogens is 356 g/mol. The van der Waals surface area contributed by atoms with Gasteiger partial charge < -0.3 is 10.6 Å². The van der Waals surface area contributed by atoms with Crippen LogP contribution in [-0.2, 0) is 12.0 Å². The molecule has 2 N–H and O–H groups in total. The van der Waals surface area contributed by atoms with E-state index in [0.717, 1.165) is 24.0 Å². The first kappa shape index (κ1) is 18.8. The molecule has 1 fully saturated rings. The van der Waals surface area contributed by atoms with E-state index in [4.69, 9.17) is 0 Å². The minimum atomic E-state index is -2.59. The molecule has 0 spiro atoms. The van der Waals surface area contributed by atoms with Crippen molar-refractivity contribution in [1.29, 1.82) is 0 Å². The monoisotopic (exact) mass is 381 g/mol. The topological polar surface area (TPSA) is 54.2 Å². The Morgan fingerprint density at radius 1 is 1.35 bits per heavy atom. The number of hydrogen-bond acceptors (Lipinski definition) is 3. The Morgan fingerprint density at radius 3 is 2.81 bits per heavy atom. The SMILES string of the molecule is CN=C(NCc1nccn1C(F)F)NCC1(c2cccs2)CCCCC1. The minimum Gasteiger partial charge on any atom is -0.355 e. The number of thiophene rings is 1. The zero-order valence-corrected chi connectivity index (χ0v) is 15.7. The molecule has 0 unspecified atom stereocenters. The molecule has 1 aliphatic rings. The lowest BCUT2D eigenvalue weighted by molar-refractivity contribution is 0.0668. The first-order valence-corrected chi connectivity index (χ1v) is 9.81. The third-order valence-electron chi connectivity index (χ3n) is 5.05. The van der Waals surface area contributed by atoms with Crippen molar-refractivity contribution in [3.8, 4) is 0 Å². The third kappa shape index (κ3) is 4.23. The van der Waals surface area contributed by atoms with Crippen LogP contribution in [0, 0.1) is 0 Å². The number of nitrogens with zero attached hydrogens (tertiary/aromatic N) is 3. The Bertz CT molecular complexity index is 705. The van der Waals surface area contributed by atoms with Crippen LogP contribution < -0.4 is 10.6 Å². The van der Waals surface area contributed by atoms with Crippen LogP contribution in [0.15, 0.2) is 34.9 Å². The van der Waals surface area contributed by atoms with Gasteiger partial charge in [-0.1, -0.05) is 25.3 Å². The van der Waals surface area contributed by atoms with E-state index in [9.17, 15) is 8.78 Å². The van der Waals surface area contributed by atoms with Crippen LogP contribution >= 0.6 is 11.3 Å². The second kappa shape index (κ2) is 8.62. The summed E-state index contributed by atoms with van der Waals surface area (Å²) in [5.74, 6) is 0.893. The van der Waals surface area contributed by atoms with Crippen LogP contribution in [0.4, 0.5) is 8.78 Å². The minimum absolute atomic E-state index is 0.130. The molecule has 8 heteroatoms. The summed E-state index contributed by atoms with van der Waals surface area (Å²) >= 11 is 1.81. The van der Waals surface area contributed by atoms with Gasteiger partial charge in [-0.3, -0.25) is 9.56 Å².